The lowest BCUT2D eigenvalue weighted by Gasteiger charge is -1.84. The van der Waals surface area contributed by atoms with E-state index in [4.69, 9.17) is 0 Å². The molecule has 0 aliphatic heterocycles. The van der Waals surface area contributed by atoms with E-state index in [-0.39, 0.29) is 0 Å². The lowest BCUT2D eigenvalue weighted by Crippen LogP contribution is -2.18. The summed E-state index contributed by atoms with van der Waals surface area (Å²) in [5.41, 5.74) is 0. The van der Waals surface area contributed by atoms with Crippen molar-refractivity contribution in [2.24, 2.45) is 0 Å². The van der Waals surface area contributed by atoms with Crippen molar-refractivity contribution in [1.82, 2.24) is 5.32 Å². The summed E-state index contributed by atoms with van der Waals surface area (Å²) in [7, 11) is 1.39. The summed E-state index contributed by atoms with van der Waals surface area (Å²) in [6.07, 6.45) is 0. The molecule has 36 valence electrons. The average molecular weight is 91.1 g/mol. The maximum absolute atomic E-state index is 11.0. The molecule has 0 radical (unpaired) electrons. The third-order valence-corrected chi connectivity index (χ3v) is 0.400. The molecule has 0 unspecified atom stereocenters. The number of halogens is 1. The van der Waals surface area contributed by atoms with Gasteiger partial charge in [-0.3, -0.25) is 4.79 Å². The minimum absolute atomic E-state index is 0.574. The average Bonchev–Trinajstić information content (AvgIpc) is 1.65. The highest BCUT2D eigenvalue weighted by Crippen LogP contribution is 1.61. The van der Waals surface area contributed by atoms with Crippen LogP contribution in [0.3, 0.4) is 0 Å². The molecule has 0 bridgehead atoms. The molecule has 0 spiro atoms. The van der Waals surface area contributed by atoms with E-state index in [2.05, 4.69) is 5.32 Å². The molecule has 0 atom stereocenters. The lowest BCUT2D eigenvalue weighted by atomic mass is 10.7. The second-order valence-electron chi connectivity index (χ2n) is 0.807. The Morgan fingerprint density at radius 3 is 2.50 bits per heavy atom. The van der Waals surface area contributed by atoms with Gasteiger partial charge in [-0.15, -0.1) is 0 Å². The maximum Gasteiger partial charge on any atom is 0.251 e. The topological polar surface area (TPSA) is 29.1 Å². The number of hydrogen-bond donors (Lipinski definition) is 1. The van der Waals surface area contributed by atoms with Crippen LogP contribution in [0, 0.1) is 0 Å². The fourth-order valence-corrected chi connectivity index (χ4v) is 0.0668. The Kier molecular flexibility index (Phi) is 2.36. The van der Waals surface area contributed by atoms with E-state index >= 15 is 0 Å². The van der Waals surface area contributed by atoms with Crippen LogP contribution in [-0.4, -0.2) is 19.6 Å². The predicted octanol–water partition coefficient (Wildman–Crippen LogP) is -0.298. The molecule has 0 heterocycles. The first-order valence-corrected chi connectivity index (χ1v) is 1.57. The van der Waals surface area contributed by atoms with Crippen LogP contribution in [-0.2, 0) is 4.79 Å². The number of rotatable bonds is 1. The third-order valence-electron chi connectivity index (χ3n) is 0.400. The largest absolute Gasteiger partial charge is 0.357 e. The molecule has 0 fully saturated rings. The van der Waals surface area contributed by atoms with Gasteiger partial charge in [-0.25, -0.2) is 4.39 Å². The highest BCUT2D eigenvalue weighted by atomic mass is 19.1. The molecule has 6 heavy (non-hydrogen) atoms. The minimum atomic E-state index is -0.920. The van der Waals surface area contributed by atoms with Gasteiger partial charge >= 0.3 is 0 Å². The first kappa shape index (κ1) is 5.40. The molecule has 2 nitrogen and oxygen atoms in total. The van der Waals surface area contributed by atoms with Gasteiger partial charge in [0.2, 0.25) is 0 Å². The zero-order valence-corrected chi connectivity index (χ0v) is 3.49. The molecule has 0 aromatic carbocycles. The molecule has 0 aliphatic carbocycles. The molecule has 3 heteroatoms. The van der Waals surface area contributed by atoms with E-state index in [1.165, 1.54) is 7.05 Å². The number of hydrogen-bond acceptors (Lipinski definition) is 1. The van der Waals surface area contributed by atoms with Gasteiger partial charge in [-0.2, -0.15) is 0 Å². The highest BCUT2D eigenvalue weighted by Gasteiger charge is 1.88. The second kappa shape index (κ2) is 2.63. The minimum Gasteiger partial charge on any atom is -0.357 e. The van der Waals surface area contributed by atoms with Crippen molar-refractivity contribution in [3.63, 3.8) is 0 Å². The first-order valence-electron chi connectivity index (χ1n) is 1.57. The van der Waals surface area contributed by atoms with Gasteiger partial charge in [-0.1, -0.05) is 0 Å². The van der Waals surface area contributed by atoms with Crippen LogP contribution in [0.25, 0.3) is 0 Å². The Morgan fingerprint density at radius 1 is 2.00 bits per heavy atom. The van der Waals surface area contributed by atoms with Crippen molar-refractivity contribution in [1.29, 1.82) is 0 Å². The summed E-state index contributed by atoms with van der Waals surface area (Å²) in [6.45, 7) is -0.920. The summed E-state index contributed by atoms with van der Waals surface area (Å²) >= 11 is 0. The van der Waals surface area contributed by atoms with Gasteiger partial charge in [0.1, 0.15) is 0 Å². The summed E-state index contributed by atoms with van der Waals surface area (Å²) in [5, 5.41) is 2.10. The molecule has 0 rings (SSSR count). The maximum atomic E-state index is 11.0. The molecular formula is C3H6FNO. The second-order valence-corrected chi connectivity index (χ2v) is 0.807. The van der Waals surface area contributed by atoms with Crippen LogP contribution in [0.5, 0.6) is 0 Å². The van der Waals surface area contributed by atoms with E-state index < -0.39 is 12.6 Å². The van der Waals surface area contributed by atoms with Crippen LogP contribution in [0.1, 0.15) is 0 Å². The van der Waals surface area contributed by atoms with E-state index in [1.807, 2.05) is 0 Å². The van der Waals surface area contributed by atoms with Crippen LogP contribution < -0.4 is 5.32 Å². The summed E-state index contributed by atoms with van der Waals surface area (Å²) < 4.78 is 11.0. The van der Waals surface area contributed by atoms with Crippen molar-refractivity contribution in [3.05, 3.63) is 0 Å². The zero-order valence-electron chi connectivity index (χ0n) is 3.49. The van der Waals surface area contributed by atoms with Crippen LogP contribution in [0.4, 0.5) is 4.39 Å². The van der Waals surface area contributed by atoms with Gasteiger partial charge < -0.3 is 5.32 Å². The molecule has 0 aromatic rings. The lowest BCUT2D eigenvalue weighted by molar-refractivity contribution is -0.121. The smallest absolute Gasteiger partial charge is 0.251 e. The Balaban J connectivity index is 2.99. The van der Waals surface area contributed by atoms with Gasteiger partial charge in [0.25, 0.3) is 5.91 Å². The zero-order chi connectivity index (χ0) is 4.99. The molecule has 0 aliphatic rings. The van der Waals surface area contributed by atoms with Crippen LogP contribution >= 0.6 is 0 Å². The molecule has 1 amide bonds. The Morgan fingerprint density at radius 2 is 2.50 bits per heavy atom. The van der Waals surface area contributed by atoms with Crippen molar-refractivity contribution in [2.45, 2.75) is 0 Å². The number of carbonyl (C=O) groups excluding carboxylic acids is 1. The fourth-order valence-electron chi connectivity index (χ4n) is 0.0668. The monoisotopic (exact) mass is 91.0 g/mol. The van der Waals surface area contributed by atoms with Crippen molar-refractivity contribution >= 4 is 5.91 Å². The first-order chi connectivity index (χ1) is 2.81. The third kappa shape index (κ3) is 1.69. The standard InChI is InChI=1S/C3H6FNO/c1-5-3(6)2-4/h2H2,1H3,(H,5,6). The van der Waals surface area contributed by atoms with Crippen LogP contribution in [0.2, 0.25) is 0 Å². The quantitative estimate of drug-likeness (QED) is 0.471. The van der Waals surface area contributed by atoms with Gasteiger partial charge in [0.15, 0.2) is 6.67 Å². The number of nitrogens with one attached hydrogen (secondary N) is 1. The highest BCUT2D eigenvalue weighted by molar-refractivity contribution is 5.76. The Hall–Kier alpha value is -0.600. The number of alkyl halides is 1. The van der Waals surface area contributed by atoms with Crippen molar-refractivity contribution in [3.8, 4) is 0 Å². The number of amides is 1. The Bertz CT molecular complexity index is 48.8. The van der Waals surface area contributed by atoms with Gasteiger partial charge in [-0.05, 0) is 0 Å². The predicted molar refractivity (Wildman–Crippen MR) is 20.0 cm³/mol. The Labute approximate surface area is 35.3 Å². The normalized spacial score (nSPS) is 7.67. The van der Waals surface area contributed by atoms with Crippen molar-refractivity contribution in [2.75, 3.05) is 13.7 Å². The van der Waals surface area contributed by atoms with E-state index in [0.717, 1.165) is 0 Å². The summed E-state index contributed by atoms with van der Waals surface area (Å²) in [6, 6.07) is 0. The van der Waals surface area contributed by atoms with Gasteiger partial charge in [0, 0.05) is 7.05 Å². The van der Waals surface area contributed by atoms with Crippen LogP contribution in [0.15, 0.2) is 0 Å². The molecule has 0 saturated heterocycles. The van der Waals surface area contributed by atoms with Gasteiger partial charge in [0.05, 0.1) is 0 Å². The van der Waals surface area contributed by atoms with E-state index in [9.17, 15) is 9.18 Å². The summed E-state index contributed by atoms with van der Waals surface area (Å²) in [4.78, 5) is 9.69. The molecule has 1 N–H and O–H groups in total. The molecule has 0 aromatic heterocycles. The van der Waals surface area contributed by atoms with Crippen molar-refractivity contribution < 1.29 is 9.18 Å². The molecular weight excluding hydrogens is 85.0 g/mol. The van der Waals surface area contributed by atoms with E-state index in [0.29, 0.717) is 0 Å². The number of carbonyl (C=O) groups is 1. The fraction of sp³-hybridized carbons (Fsp3) is 0.667. The molecule has 0 saturated carbocycles. The summed E-state index contributed by atoms with van der Waals surface area (Å²) in [5.74, 6) is -0.574. The van der Waals surface area contributed by atoms with E-state index in [1.54, 1.807) is 0 Å². The SMILES string of the molecule is CNC(=O)CF.